The lowest BCUT2D eigenvalue weighted by atomic mass is 10.2. The molecular formula is C7H14NO2. The van der Waals surface area contributed by atoms with Gasteiger partial charge in [-0.25, -0.2) is 5.11 Å². The second-order valence-electron chi connectivity index (χ2n) is 2.72. The van der Waals surface area contributed by atoms with Crippen LogP contribution in [0.15, 0.2) is 0 Å². The molecule has 1 rings (SSSR count). The summed E-state index contributed by atoms with van der Waals surface area (Å²) in [5.41, 5.74) is 0. The lowest BCUT2D eigenvalue weighted by molar-refractivity contribution is 0.107. The molecule has 0 aliphatic carbocycles. The summed E-state index contributed by atoms with van der Waals surface area (Å²) in [6.07, 6.45) is 2.18. The monoisotopic (exact) mass is 144 g/mol. The van der Waals surface area contributed by atoms with Crippen molar-refractivity contribution in [3.63, 3.8) is 0 Å². The Balaban J connectivity index is 2.27. The number of hydrogen-bond donors (Lipinski definition) is 1. The molecule has 1 radical (unpaired) electrons. The van der Waals surface area contributed by atoms with Gasteiger partial charge in [-0.15, -0.1) is 0 Å². The highest BCUT2D eigenvalue weighted by Crippen LogP contribution is 2.15. The van der Waals surface area contributed by atoms with Gasteiger partial charge in [-0.2, -0.15) is 0 Å². The molecule has 1 saturated heterocycles. The summed E-state index contributed by atoms with van der Waals surface area (Å²) in [6.45, 7) is 1.76. The summed E-state index contributed by atoms with van der Waals surface area (Å²) in [7, 11) is 0. The van der Waals surface area contributed by atoms with Crippen molar-refractivity contribution in [2.75, 3.05) is 26.3 Å². The van der Waals surface area contributed by atoms with E-state index >= 15 is 0 Å². The van der Waals surface area contributed by atoms with Gasteiger partial charge < -0.3 is 5.11 Å². The minimum atomic E-state index is -0.0451. The fraction of sp³-hybridized carbons (Fsp3) is 1.00. The summed E-state index contributed by atoms with van der Waals surface area (Å²) < 4.78 is 0. The summed E-state index contributed by atoms with van der Waals surface area (Å²) in [4.78, 5) is 2.08. The maximum Gasteiger partial charge on any atom is 0.0949 e. The zero-order valence-corrected chi connectivity index (χ0v) is 6.12. The number of aliphatic hydroxyl groups excluding tert-OH is 1. The molecule has 1 unspecified atom stereocenters. The Labute approximate surface area is 61.3 Å². The predicted octanol–water partition coefficient (Wildman–Crippen LogP) is -0.126. The van der Waals surface area contributed by atoms with Crippen molar-refractivity contribution in [2.24, 2.45) is 0 Å². The van der Waals surface area contributed by atoms with Crippen molar-refractivity contribution in [3.8, 4) is 0 Å². The molecule has 1 aliphatic heterocycles. The second kappa shape index (κ2) is 3.91. The Hall–Kier alpha value is -0.120. The standard InChI is InChI=1S/C7H14NO2/c9-5-4-8-3-1-2-7(8)6-10/h7,10H,1-6H2. The molecule has 0 amide bonds. The maximum atomic E-state index is 10.2. The Morgan fingerprint density at radius 2 is 2.40 bits per heavy atom. The Kier molecular flexibility index (Phi) is 3.12. The largest absolute Gasteiger partial charge is 0.395 e. The highest BCUT2D eigenvalue weighted by Gasteiger charge is 2.22. The molecule has 0 spiro atoms. The van der Waals surface area contributed by atoms with E-state index in [9.17, 15) is 5.11 Å². The van der Waals surface area contributed by atoms with Gasteiger partial charge in [0.05, 0.1) is 13.2 Å². The van der Waals surface area contributed by atoms with E-state index in [0.29, 0.717) is 6.54 Å². The van der Waals surface area contributed by atoms with Gasteiger partial charge in [0.25, 0.3) is 0 Å². The molecule has 0 bridgehead atoms. The van der Waals surface area contributed by atoms with Crippen LogP contribution in [0.25, 0.3) is 0 Å². The number of nitrogens with zero attached hydrogens (tertiary/aromatic N) is 1. The van der Waals surface area contributed by atoms with Crippen molar-refractivity contribution in [1.29, 1.82) is 0 Å². The first-order valence-corrected chi connectivity index (χ1v) is 3.81. The van der Waals surface area contributed by atoms with Crippen LogP contribution in [0.1, 0.15) is 12.8 Å². The van der Waals surface area contributed by atoms with E-state index in [-0.39, 0.29) is 19.3 Å². The number of likely N-dealkylation sites (tertiary alicyclic amines) is 1. The molecule has 1 fully saturated rings. The smallest absolute Gasteiger partial charge is 0.0949 e. The van der Waals surface area contributed by atoms with Crippen LogP contribution in [-0.2, 0) is 5.11 Å². The molecule has 59 valence electrons. The average molecular weight is 144 g/mol. The third-order valence-electron chi connectivity index (χ3n) is 2.09. The SMILES string of the molecule is [O]CCN1CCCC1CO. The Bertz CT molecular complexity index is 97.6. The van der Waals surface area contributed by atoms with Crippen LogP contribution in [-0.4, -0.2) is 42.4 Å². The van der Waals surface area contributed by atoms with E-state index in [2.05, 4.69) is 4.90 Å². The van der Waals surface area contributed by atoms with Crippen LogP contribution in [0, 0.1) is 0 Å². The maximum absolute atomic E-state index is 10.2. The number of rotatable bonds is 3. The van der Waals surface area contributed by atoms with Crippen molar-refractivity contribution < 1.29 is 10.2 Å². The molecule has 3 nitrogen and oxygen atoms in total. The topological polar surface area (TPSA) is 43.4 Å². The zero-order valence-electron chi connectivity index (χ0n) is 6.12. The molecule has 0 aromatic heterocycles. The van der Waals surface area contributed by atoms with Gasteiger partial charge in [-0.05, 0) is 19.4 Å². The van der Waals surface area contributed by atoms with Crippen LogP contribution in [0.5, 0.6) is 0 Å². The van der Waals surface area contributed by atoms with Crippen LogP contribution in [0.3, 0.4) is 0 Å². The third-order valence-corrected chi connectivity index (χ3v) is 2.09. The summed E-state index contributed by atoms with van der Waals surface area (Å²) in [6, 6.07) is 0.272. The molecule has 1 N–H and O–H groups in total. The fourth-order valence-corrected chi connectivity index (χ4v) is 1.51. The van der Waals surface area contributed by atoms with Gasteiger partial charge in [0, 0.05) is 12.6 Å². The Morgan fingerprint density at radius 1 is 1.60 bits per heavy atom. The van der Waals surface area contributed by atoms with Crippen LogP contribution in [0.4, 0.5) is 0 Å². The van der Waals surface area contributed by atoms with E-state index in [1.807, 2.05) is 0 Å². The van der Waals surface area contributed by atoms with Gasteiger partial charge in [-0.1, -0.05) is 0 Å². The van der Waals surface area contributed by atoms with E-state index in [4.69, 9.17) is 5.11 Å². The second-order valence-corrected chi connectivity index (χ2v) is 2.72. The molecular weight excluding hydrogens is 130 g/mol. The van der Waals surface area contributed by atoms with Crippen molar-refractivity contribution in [1.82, 2.24) is 4.90 Å². The molecule has 0 saturated carbocycles. The number of aliphatic hydroxyl groups is 1. The highest BCUT2D eigenvalue weighted by molar-refractivity contribution is 4.77. The van der Waals surface area contributed by atoms with Gasteiger partial charge in [0.1, 0.15) is 0 Å². The van der Waals surface area contributed by atoms with Gasteiger partial charge in [0.2, 0.25) is 0 Å². The van der Waals surface area contributed by atoms with Crippen molar-refractivity contribution in [2.45, 2.75) is 18.9 Å². The lowest BCUT2D eigenvalue weighted by Gasteiger charge is -2.20. The quantitative estimate of drug-likeness (QED) is 0.599. The van der Waals surface area contributed by atoms with E-state index < -0.39 is 0 Å². The van der Waals surface area contributed by atoms with Gasteiger partial charge in [0.15, 0.2) is 0 Å². The van der Waals surface area contributed by atoms with Gasteiger partial charge in [-0.3, -0.25) is 4.90 Å². The van der Waals surface area contributed by atoms with Crippen LogP contribution in [0.2, 0.25) is 0 Å². The van der Waals surface area contributed by atoms with E-state index in [0.717, 1.165) is 19.4 Å². The number of hydrogen-bond acceptors (Lipinski definition) is 2. The van der Waals surface area contributed by atoms with Crippen LogP contribution < -0.4 is 0 Å². The minimum absolute atomic E-state index is 0.0451. The summed E-state index contributed by atoms with van der Waals surface area (Å²) in [5, 5.41) is 19.0. The average Bonchev–Trinajstić information content (AvgIpc) is 2.36. The minimum Gasteiger partial charge on any atom is -0.395 e. The first-order valence-electron chi connectivity index (χ1n) is 3.81. The van der Waals surface area contributed by atoms with Crippen molar-refractivity contribution >= 4 is 0 Å². The molecule has 10 heavy (non-hydrogen) atoms. The predicted molar refractivity (Wildman–Crippen MR) is 37.2 cm³/mol. The van der Waals surface area contributed by atoms with Crippen LogP contribution >= 0.6 is 0 Å². The first-order chi connectivity index (χ1) is 4.88. The molecule has 0 aromatic rings. The third kappa shape index (κ3) is 1.68. The molecule has 1 heterocycles. The zero-order chi connectivity index (χ0) is 7.40. The highest BCUT2D eigenvalue weighted by atomic mass is 16.3. The molecule has 1 atom stereocenters. The lowest BCUT2D eigenvalue weighted by Crippen LogP contribution is -2.34. The first kappa shape index (κ1) is 7.98. The Morgan fingerprint density at radius 3 is 3.00 bits per heavy atom. The molecule has 0 aromatic carbocycles. The molecule has 3 heteroatoms. The fourth-order valence-electron chi connectivity index (χ4n) is 1.51. The van der Waals surface area contributed by atoms with E-state index in [1.54, 1.807) is 0 Å². The molecule has 1 aliphatic rings. The van der Waals surface area contributed by atoms with E-state index in [1.165, 1.54) is 0 Å². The summed E-state index contributed by atoms with van der Waals surface area (Å²) >= 11 is 0. The van der Waals surface area contributed by atoms with Gasteiger partial charge >= 0.3 is 0 Å². The van der Waals surface area contributed by atoms with Crippen molar-refractivity contribution in [3.05, 3.63) is 0 Å². The normalized spacial score (nSPS) is 27.6. The summed E-state index contributed by atoms with van der Waals surface area (Å²) in [5.74, 6) is 0.